The summed E-state index contributed by atoms with van der Waals surface area (Å²) in [5, 5.41) is 13.0. The van der Waals surface area contributed by atoms with E-state index in [-0.39, 0.29) is 17.9 Å². The number of carbonyl (C=O) groups is 1. The fourth-order valence-corrected chi connectivity index (χ4v) is 2.01. The van der Waals surface area contributed by atoms with Crippen LogP contribution in [0.1, 0.15) is 6.92 Å². The van der Waals surface area contributed by atoms with Gasteiger partial charge in [0.05, 0.1) is 0 Å². The maximum absolute atomic E-state index is 11.7. The summed E-state index contributed by atoms with van der Waals surface area (Å²) in [5.41, 5.74) is 0.714. The molecule has 82 valence electrons. The molecule has 0 aliphatic carbocycles. The van der Waals surface area contributed by atoms with Crippen molar-refractivity contribution in [1.29, 1.82) is 5.41 Å². The van der Waals surface area contributed by atoms with Crippen molar-refractivity contribution in [1.82, 2.24) is 15.5 Å². The topological polar surface area (TPSA) is 80.6 Å². The van der Waals surface area contributed by atoms with Crippen LogP contribution in [0.4, 0.5) is 0 Å². The first-order chi connectivity index (χ1) is 7.18. The van der Waals surface area contributed by atoms with Crippen molar-refractivity contribution in [3.8, 4) is 0 Å². The van der Waals surface area contributed by atoms with Crippen LogP contribution in [-0.4, -0.2) is 54.7 Å². The Hall–Kier alpha value is -1.27. The minimum atomic E-state index is -0.291. The maximum atomic E-state index is 11.7. The van der Waals surface area contributed by atoms with E-state index in [1.54, 1.807) is 6.92 Å². The third-order valence-electron chi connectivity index (χ3n) is 2.69. The van der Waals surface area contributed by atoms with Gasteiger partial charge in [0.25, 0.3) is 0 Å². The number of hydrogen-bond donors (Lipinski definition) is 3. The quantitative estimate of drug-likeness (QED) is 0.506. The highest BCUT2D eigenvalue weighted by molar-refractivity contribution is 6.18. The van der Waals surface area contributed by atoms with E-state index in [2.05, 4.69) is 20.5 Å². The van der Waals surface area contributed by atoms with Gasteiger partial charge in [-0.1, -0.05) is 0 Å². The average molecular weight is 209 g/mol. The Balaban J connectivity index is 2.15. The Morgan fingerprint density at radius 2 is 2.13 bits per heavy atom. The van der Waals surface area contributed by atoms with Crippen LogP contribution in [0.2, 0.25) is 0 Å². The summed E-state index contributed by atoms with van der Waals surface area (Å²) < 4.78 is 0. The normalized spacial score (nSPS) is 28.6. The molecule has 0 saturated carbocycles. The van der Waals surface area contributed by atoms with Gasteiger partial charge in [-0.2, -0.15) is 0 Å². The predicted molar refractivity (Wildman–Crippen MR) is 57.2 cm³/mol. The second kappa shape index (κ2) is 4.08. The number of rotatable bonds is 1. The summed E-state index contributed by atoms with van der Waals surface area (Å²) in [7, 11) is 0. The number of amides is 1. The number of guanidine groups is 1. The maximum Gasteiger partial charge on any atom is 0.249 e. The van der Waals surface area contributed by atoms with Gasteiger partial charge in [0, 0.05) is 31.9 Å². The number of hydrogen-bond acceptors (Lipinski definition) is 4. The van der Waals surface area contributed by atoms with E-state index < -0.39 is 0 Å². The van der Waals surface area contributed by atoms with Gasteiger partial charge in [0.2, 0.25) is 11.9 Å². The summed E-state index contributed by atoms with van der Waals surface area (Å²) in [6.45, 7) is 5.29. The Morgan fingerprint density at radius 3 is 2.73 bits per heavy atom. The Labute approximate surface area is 88.2 Å². The van der Waals surface area contributed by atoms with E-state index in [1.807, 2.05) is 0 Å². The Bertz CT molecular complexity index is 318. The molecule has 15 heavy (non-hydrogen) atoms. The van der Waals surface area contributed by atoms with Crippen molar-refractivity contribution in [3.63, 3.8) is 0 Å². The molecule has 2 aliphatic rings. The van der Waals surface area contributed by atoms with Crippen molar-refractivity contribution >= 4 is 17.6 Å². The second-order valence-corrected chi connectivity index (χ2v) is 3.78. The lowest BCUT2D eigenvalue weighted by Crippen LogP contribution is -2.59. The third-order valence-corrected chi connectivity index (χ3v) is 2.69. The molecule has 3 N–H and O–H groups in total. The van der Waals surface area contributed by atoms with Crippen LogP contribution < -0.4 is 10.6 Å². The van der Waals surface area contributed by atoms with Gasteiger partial charge in [-0.25, -0.2) is 4.99 Å². The lowest BCUT2D eigenvalue weighted by atomic mass is 10.1. The van der Waals surface area contributed by atoms with E-state index in [0.29, 0.717) is 5.71 Å². The smallest absolute Gasteiger partial charge is 0.249 e. The molecule has 0 radical (unpaired) electrons. The molecule has 6 heteroatoms. The SMILES string of the molecule is CC1=NC(=N)NC(=O)C1N1CCNCC1. The predicted octanol–water partition coefficient (Wildman–Crippen LogP) is -1.21. The van der Waals surface area contributed by atoms with Gasteiger partial charge < -0.3 is 5.32 Å². The second-order valence-electron chi connectivity index (χ2n) is 3.78. The molecule has 1 atom stereocenters. The van der Waals surface area contributed by atoms with E-state index >= 15 is 0 Å². The lowest BCUT2D eigenvalue weighted by Gasteiger charge is -2.35. The van der Waals surface area contributed by atoms with Gasteiger partial charge in [-0.3, -0.25) is 20.4 Å². The fraction of sp³-hybridized carbons (Fsp3) is 0.667. The number of piperazine rings is 1. The Morgan fingerprint density at radius 1 is 1.47 bits per heavy atom. The highest BCUT2D eigenvalue weighted by Gasteiger charge is 2.32. The third kappa shape index (κ3) is 2.05. The van der Waals surface area contributed by atoms with Crippen LogP contribution in [0.3, 0.4) is 0 Å². The molecule has 1 unspecified atom stereocenters. The van der Waals surface area contributed by atoms with Gasteiger partial charge in [0.1, 0.15) is 6.04 Å². The van der Waals surface area contributed by atoms with Crippen molar-refractivity contribution in [2.24, 2.45) is 4.99 Å². The van der Waals surface area contributed by atoms with E-state index in [0.717, 1.165) is 26.2 Å². The van der Waals surface area contributed by atoms with Crippen LogP contribution in [0.5, 0.6) is 0 Å². The van der Waals surface area contributed by atoms with Gasteiger partial charge >= 0.3 is 0 Å². The zero-order chi connectivity index (χ0) is 10.8. The minimum absolute atomic E-state index is 0.0520. The summed E-state index contributed by atoms with van der Waals surface area (Å²) in [6.07, 6.45) is 0. The van der Waals surface area contributed by atoms with Gasteiger partial charge in [-0.05, 0) is 6.92 Å². The zero-order valence-corrected chi connectivity index (χ0v) is 8.71. The molecular weight excluding hydrogens is 194 g/mol. The monoisotopic (exact) mass is 209 g/mol. The standard InChI is InChI=1S/C9H15N5O/c1-6-7(8(15)13-9(10)12-6)14-4-2-11-3-5-14/h7,11H,2-5H2,1H3,(H2,10,13,15). The number of carbonyl (C=O) groups excluding carboxylic acids is 1. The Kier molecular flexibility index (Phi) is 2.79. The van der Waals surface area contributed by atoms with Crippen molar-refractivity contribution < 1.29 is 4.79 Å². The van der Waals surface area contributed by atoms with Crippen LogP contribution >= 0.6 is 0 Å². The molecule has 0 aromatic rings. The van der Waals surface area contributed by atoms with Crippen LogP contribution in [0.25, 0.3) is 0 Å². The lowest BCUT2D eigenvalue weighted by molar-refractivity contribution is -0.123. The van der Waals surface area contributed by atoms with Gasteiger partial charge in [-0.15, -0.1) is 0 Å². The van der Waals surface area contributed by atoms with Crippen LogP contribution in [-0.2, 0) is 4.79 Å². The molecule has 0 aromatic carbocycles. The van der Waals surface area contributed by atoms with Crippen molar-refractivity contribution in [2.45, 2.75) is 13.0 Å². The van der Waals surface area contributed by atoms with E-state index in [1.165, 1.54) is 0 Å². The first-order valence-electron chi connectivity index (χ1n) is 5.08. The fourth-order valence-electron chi connectivity index (χ4n) is 2.01. The molecule has 1 amide bonds. The molecule has 6 nitrogen and oxygen atoms in total. The minimum Gasteiger partial charge on any atom is -0.314 e. The summed E-state index contributed by atoms with van der Waals surface area (Å²) in [5.74, 6) is -0.182. The zero-order valence-electron chi connectivity index (χ0n) is 8.71. The molecule has 2 heterocycles. The molecule has 0 aromatic heterocycles. The average Bonchev–Trinajstić information content (AvgIpc) is 2.17. The molecule has 2 aliphatic heterocycles. The van der Waals surface area contributed by atoms with Crippen molar-refractivity contribution in [3.05, 3.63) is 0 Å². The molecule has 1 fully saturated rings. The first-order valence-corrected chi connectivity index (χ1v) is 5.08. The van der Waals surface area contributed by atoms with E-state index in [4.69, 9.17) is 5.41 Å². The molecule has 0 bridgehead atoms. The highest BCUT2D eigenvalue weighted by atomic mass is 16.2. The first kappa shape index (κ1) is 10.3. The van der Waals surface area contributed by atoms with Crippen LogP contribution in [0.15, 0.2) is 4.99 Å². The summed E-state index contributed by atoms with van der Waals surface area (Å²) in [4.78, 5) is 17.8. The number of nitrogens with zero attached hydrogens (tertiary/aromatic N) is 2. The highest BCUT2D eigenvalue weighted by Crippen LogP contribution is 2.07. The van der Waals surface area contributed by atoms with Crippen molar-refractivity contribution in [2.75, 3.05) is 26.2 Å². The summed E-state index contributed by atoms with van der Waals surface area (Å²) in [6, 6.07) is -0.291. The number of nitrogens with one attached hydrogen (secondary N) is 3. The number of aliphatic imine (C=N–C) groups is 1. The largest absolute Gasteiger partial charge is 0.314 e. The molecule has 0 spiro atoms. The summed E-state index contributed by atoms with van der Waals surface area (Å²) >= 11 is 0. The van der Waals surface area contributed by atoms with Crippen LogP contribution in [0, 0.1) is 5.41 Å². The molecular formula is C9H15N5O. The molecule has 2 rings (SSSR count). The van der Waals surface area contributed by atoms with Gasteiger partial charge in [0.15, 0.2) is 0 Å². The van der Waals surface area contributed by atoms with E-state index in [9.17, 15) is 4.79 Å². The molecule has 1 saturated heterocycles.